The summed E-state index contributed by atoms with van der Waals surface area (Å²) in [6.07, 6.45) is 3.74. The molecule has 5 rings (SSSR count). The van der Waals surface area contributed by atoms with Gasteiger partial charge in [0.1, 0.15) is 0 Å². The summed E-state index contributed by atoms with van der Waals surface area (Å²) in [5.74, 6) is -0.0704. The van der Waals surface area contributed by atoms with E-state index >= 15 is 0 Å². The van der Waals surface area contributed by atoms with Gasteiger partial charge in [0, 0.05) is 17.2 Å². The van der Waals surface area contributed by atoms with Gasteiger partial charge in [0.2, 0.25) is 11.7 Å². The Bertz CT molecular complexity index is 845. The minimum Gasteiger partial charge on any atom is -0.454 e. The van der Waals surface area contributed by atoms with Crippen molar-refractivity contribution < 1.29 is 24.2 Å². The molecule has 4 aliphatic rings. The average molecular weight is 414 g/mol. The second kappa shape index (κ2) is 7.49. The largest absolute Gasteiger partial charge is 0.454 e. The highest BCUT2D eigenvalue weighted by Crippen LogP contribution is 2.62. The van der Waals surface area contributed by atoms with Crippen molar-refractivity contribution in [3.05, 3.63) is 29.8 Å². The smallest absolute Gasteiger partial charge is 0.312 e. The summed E-state index contributed by atoms with van der Waals surface area (Å²) >= 11 is 0. The van der Waals surface area contributed by atoms with Gasteiger partial charge in [0.15, 0.2) is 6.10 Å². The van der Waals surface area contributed by atoms with Crippen LogP contribution in [0.1, 0.15) is 69.7 Å². The van der Waals surface area contributed by atoms with Crippen LogP contribution in [-0.4, -0.2) is 34.5 Å². The Morgan fingerprint density at radius 2 is 1.63 bits per heavy atom. The Balaban J connectivity index is 1.40. The Hall–Kier alpha value is -2.21. The Morgan fingerprint density at radius 1 is 1.03 bits per heavy atom. The molecule has 0 heterocycles. The molecule has 4 fully saturated rings. The number of ketones is 1. The van der Waals surface area contributed by atoms with Crippen molar-refractivity contribution in [3.8, 4) is 0 Å². The van der Waals surface area contributed by atoms with Crippen molar-refractivity contribution in [1.29, 1.82) is 0 Å². The fourth-order valence-electron chi connectivity index (χ4n) is 6.03. The zero-order valence-electron chi connectivity index (χ0n) is 17.9. The van der Waals surface area contributed by atoms with Crippen molar-refractivity contribution in [2.45, 2.75) is 71.0 Å². The van der Waals surface area contributed by atoms with Crippen LogP contribution in [0, 0.1) is 23.2 Å². The van der Waals surface area contributed by atoms with E-state index in [1.54, 1.807) is 31.2 Å². The lowest BCUT2D eigenvalue weighted by atomic mass is 9.48. The number of benzene rings is 1. The molecule has 5 atom stereocenters. The standard InChI is InChI=1S/C24H31NO5/c1-14(2)21(27)25-19-6-4-18(5-7-19)20(26)15(3)30-22(28)23-9-16-8-17(10-23)12-24(29,11-16)13-23/h4-7,14-17,29H,8-13H2,1-3H3,(H,25,27)/t15-,16-,17+,23?,24?/m0/s1. The normalized spacial score (nSPS) is 32.7. The number of hydrogen-bond donors (Lipinski definition) is 2. The minimum absolute atomic E-state index is 0.0893. The maximum absolute atomic E-state index is 13.1. The molecule has 4 bridgehead atoms. The highest BCUT2D eigenvalue weighted by atomic mass is 16.5. The lowest BCUT2D eigenvalue weighted by Crippen LogP contribution is -2.58. The van der Waals surface area contributed by atoms with E-state index in [0.717, 1.165) is 32.1 Å². The third-order valence-corrected chi connectivity index (χ3v) is 7.08. The zero-order valence-corrected chi connectivity index (χ0v) is 17.9. The van der Waals surface area contributed by atoms with Crippen LogP contribution < -0.4 is 5.32 Å². The number of carbonyl (C=O) groups is 3. The number of esters is 1. The number of Topliss-reactive ketones (excluding diaryl/α,β-unsaturated/α-hetero) is 1. The lowest BCUT2D eigenvalue weighted by Gasteiger charge is -2.58. The maximum atomic E-state index is 13.1. The first-order valence-corrected chi connectivity index (χ1v) is 11.0. The first-order chi connectivity index (χ1) is 14.1. The van der Waals surface area contributed by atoms with E-state index < -0.39 is 17.1 Å². The van der Waals surface area contributed by atoms with Gasteiger partial charge < -0.3 is 15.2 Å². The van der Waals surface area contributed by atoms with Gasteiger partial charge in [0.05, 0.1) is 11.0 Å². The highest BCUT2D eigenvalue weighted by Gasteiger charge is 2.61. The van der Waals surface area contributed by atoms with E-state index in [1.165, 1.54) is 0 Å². The topological polar surface area (TPSA) is 92.7 Å². The molecule has 1 amide bonds. The summed E-state index contributed by atoms with van der Waals surface area (Å²) in [6.45, 7) is 5.22. The van der Waals surface area contributed by atoms with Crippen LogP contribution in [0.3, 0.4) is 0 Å². The first kappa shape index (κ1) is 21.0. The second-order valence-corrected chi connectivity index (χ2v) is 10.1. The molecule has 4 aliphatic carbocycles. The highest BCUT2D eigenvalue weighted by molar-refractivity contribution is 6.01. The third kappa shape index (κ3) is 3.89. The quantitative estimate of drug-likeness (QED) is 0.548. The Labute approximate surface area is 177 Å². The molecule has 0 aromatic heterocycles. The van der Waals surface area contributed by atoms with E-state index in [0.29, 0.717) is 29.5 Å². The van der Waals surface area contributed by atoms with Crippen LogP contribution in [-0.2, 0) is 14.3 Å². The van der Waals surface area contributed by atoms with Crippen LogP contribution >= 0.6 is 0 Å². The molecule has 0 aliphatic heterocycles. The van der Waals surface area contributed by atoms with Crippen molar-refractivity contribution in [2.24, 2.45) is 23.2 Å². The predicted molar refractivity (Wildman–Crippen MR) is 112 cm³/mol. The first-order valence-electron chi connectivity index (χ1n) is 11.0. The Morgan fingerprint density at radius 3 is 2.17 bits per heavy atom. The molecule has 30 heavy (non-hydrogen) atoms. The fourth-order valence-corrected chi connectivity index (χ4v) is 6.03. The van der Waals surface area contributed by atoms with Crippen molar-refractivity contribution >= 4 is 23.3 Å². The lowest BCUT2D eigenvalue weighted by molar-refractivity contribution is -0.197. The van der Waals surface area contributed by atoms with E-state index in [9.17, 15) is 19.5 Å². The molecule has 2 unspecified atom stereocenters. The summed E-state index contributed by atoms with van der Waals surface area (Å²) < 4.78 is 5.65. The maximum Gasteiger partial charge on any atom is 0.312 e. The van der Waals surface area contributed by atoms with Gasteiger partial charge >= 0.3 is 5.97 Å². The van der Waals surface area contributed by atoms with Crippen molar-refractivity contribution in [1.82, 2.24) is 0 Å². The summed E-state index contributed by atoms with van der Waals surface area (Å²) in [4.78, 5) is 37.7. The van der Waals surface area contributed by atoms with Crippen molar-refractivity contribution in [3.63, 3.8) is 0 Å². The van der Waals surface area contributed by atoms with Gasteiger partial charge in [-0.2, -0.15) is 0 Å². The van der Waals surface area contributed by atoms with Crippen LogP contribution in [0.25, 0.3) is 0 Å². The van der Waals surface area contributed by atoms with Gasteiger partial charge in [-0.1, -0.05) is 13.8 Å². The van der Waals surface area contributed by atoms with E-state index in [-0.39, 0.29) is 23.6 Å². The van der Waals surface area contributed by atoms with Crippen molar-refractivity contribution in [2.75, 3.05) is 5.32 Å². The number of aliphatic hydroxyl groups is 1. The van der Waals surface area contributed by atoms with Gasteiger partial charge in [-0.05, 0) is 81.5 Å². The molecular weight excluding hydrogens is 382 g/mol. The number of anilines is 1. The molecule has 162 valence electrons. The average Bonchev–Trinajstić information content (AvgIpc) is 2.65. The monoisotopic (exact) mass is 413 g/mol. The molecule has 0 radical (unpaired) electrons. The van der Waals surface area contributed by atoms with Crippen LogP contribution in [0.15, 0.2) is 24.3 Å². The van der Waals surface area contributed by atoms with Crippen LogP contribution in [0.4, 0.5) is 5.69 Å². The number of carbonyl (C=O) groups excluding carboxylic acids is 3. The van der Waals surface area contributed by atoms with Gasteiger partial charge in [-0.15, -0.1) is 0 Å². The Kier molecular flexibility index (Phi) is 5.25. The van der Waals surface area contributed by atoms with Gasteiger partial charge in [-0.25, -0.2) is 0 Å². The van der Waals surface area contributed by atoms with Gasteiger partial charge in [-0.3, -0.25) is 14.4 Å². The summed E-state index contributed by atoms with van der Waals surface area (Å²) in [5.41, 5.74) is -0.330. The second-order valence-electron chi connectivity index (χ2n) is 10.1. The summed E-state index contributed by atoms with van der Waals surface area (Å²) in [7, 11) is 0. The van der Waals surface area contributed by atoms with E-state index in [4.69, 9.17) is 4.74 Å². The zero-order chi connectivity index (χ0) is 21.7. The number of hydrogen-bond acceptors (Lipinski definition) is 5. The van der Waals surface area contributed by atoms with Crippen LogP contribution in [0.2, 0.25) is 0 Å². The predicted octanol–water partition coefficient (Wildman–Crippen LogP) is 3.73. The van der Waals surface area contributed by atoms with Crippen LogP contribution in [0.5, 0.6) is 0 Å². The molecule has 2 N–H and O–H groups in total. The number of rotatable bonds is 6. The number of nitrogens with one attached hydrogen (secondary N) is 1. The fraction of sp³-hybridized carbons (Fsp3) is 0.625. The van der Waals surface area contributed by atoms with Gasteiger partial charge in [0.25, 0.3) is 0 Å². The molecule has 6 nitrogen and oxygen atoms in total. The summed E-state index contributed by atoms with van der Waals surface area (Å²) in [5, 5.41) is 13.6. The SMILES string of the molecule is CC(C)C(=O)Nc1ccc(C(=O)[C@H](C)OC(=O)C23C[C@@H]4C[C@@H](CC(O)(C4)C2)C3)cc1. The third-order valence-electron chi connectivity index (χ3n) is 7.08. The minimum atomic E-state index is -0.892. The summed E-state index contributed by atoms with van der Waals surface area (Å²) in [6, 6.07) is 6.62. The molecule has 4 saturated carbocycles. The molecule has 6 heteroatoms. The number of amides is 1. The molecular formula is C24H31NO5. The molecule has 1 aromatic rings. The molecule has 0 saturated heterocycles. The molecule has 1 aromatic carbocycles. The van der Waals surface area contributed by atoms with E-state index in [2.05, 4.69) is 5.32 Å². The number of ether oxygens (including phenoxy) is 1. The molecule has 0 spiro atoms. The van der Waals surface area contributed by atoms with E-state index in [1.807, 2.05) is 13.8 Å².